The van der Waals surface area contributed by atoms with Crippen LogP contribution in [0.1, 0.15) is 10.4 Å². The number of carboxylic acid groups (broad SMARTS) is 1. The van der Waals surface area contributed by atoms with Gasteiger partial charge in [-0.05, 0) is 12.1 Å². The van der Waals surface area contributed by atoms with Crippen molar-refractivity contribution in [3.8, 4) is 0 Å². The molecule has 1 aromatic carbocycles. The summed E-state index contributed by atoms with van der Waals surface area (Å²) in [4.78, 5) is 23.3. The Hall–Kier alpha value is -2.14. The molecule has 0 spiro atoms. The summed E-state index contributed by atoms with van der Waals surface area (Å²) in [5.74, 6) is -1.72. The van der Waals surface area contributed by atoms with E-state index in [4.69, 9.17) is 10.4 Å². The van der Waals surface area contributed by atoms with Crippen molar-refractivity contribution < 1.29 is 24.8 Å². The van der Waals surface area contributed by atoms with Gasteiger partial charge in [0.1, 0.15) is 0 Å². The van der Waals surface area contributed by atoms with Crippen LogP contribution in [-0.2, 0) is 9.68 Å². The quantitative estimate of drug-likeness (QED) is 0.439. The van der Waals surface area contributed by atoms with Crippen molar-refractivity contribution in [2.75, 3.05) is 0 Å². The van der Waals surface area contributed by atoms with Gasteiger partial charge in [-0.1, -0.05) is 24.8 Å². The molecule has 1 rings (SSSR count). The number of carbonyl (C=O) groups excluding carboxylic acids is 1. The zero-order valence-electron chi connectivity index (χ0n) is 7.79. The Morgan fingerprint density at radius 1 is 1.27 bits per heavy atom. The fourth-order valence-electron chi connectivity index (χ4n) is 0.627. The first-order chi connectivity index (χ1) is 7.11. The first kappa shape index (κ1) is 12.9. The highest BCUT2D eigenvalue weighted by molar-refractivity contribution is 5.88. The molecule has 0 fully saturated rings. The third kappa shape index (κ3) is 6.00. The van der Waals surface area contributed by atoms with Crippen LogP contribution in [0, 0.1) is 0 Å². The minimum atomic E-state index is -0.981. The summed E-state index contributed by atoms with van der Waals surface area (Å²) in [6, 6.07) is 8.25. The lowest BCUT2D eigenvalue weighted by molar-refractivity contribution is -0.182. The van der Waals surface area contributed by atoms with E-state index in [-0.39, 0.29) is 0 Å². The summed E-state index contributed by atoms with van der Waals surface area (Å²) in [6.07, 6.45) is 0.833. The van der Waals surface area contributed by atoms with Gasteiger partial charge in [-0.2, -0.15) is 5.26 Å². The second-order valence-electron chi connectivity index (χ2n) is 2.29. The van der Waals surface area contributed by atoms with Crippen LogP contribution >= 0.6 is 0 Å². The van der Waals surface area contributed by atoms with Gasteiger partial charge >= 0.3 is 11.9 Å². The van der Waals surface area contributed by atoms with Crippen LogP contribution in [0.25, 0.3) is 0 Å². The largest absolute Gasteiger partial charge is 0.478 e. The van der Waals surface area contributed by atoms with Crippen LogP contribution in [0.4, 0.5) is 0 Å². The summed E-state index contributed by atoms with van der Waals surface area (Å²) in [5.41, 5.74) is 0.338. The zero-order chi connectivity index (χ0) is 11.7. The van der Waals surface area contributed by atoms with Crippen LogP contribution in [0.5, 0.6) is 0 Å². The summed E-state index contributed by atoms with van der Waals surface area (Å²) in [5, 5.41) is 15.5. The number of carboxylic acids is 1. The normalized spacial score (nSPS) is 8.07. The zero-order valence-corrected chi connectivity index (χ0v) is 7.79. The molecule has 0 amide bonds. The van der Waals surface area contributed by atoms with Gasteiger partial charge in [0.25, 0.3) is 0 Å². The van der Waals surface area contributed by atoms with E-state index >= 15 is 0 Å². The third-order valence-corrected chi connectivity index (χ3v) is 1.27. The Bertz CT molecular complexity index is 331. The van der Waals surface area contributed by atoms with E-state index in [1.807, 2.05) is 0 Å². The predicted octanol–water partition coefficient (Wildman–Crippen LogP) is 1.57. The van der Waals surface area contributed by atoms with Crippen LogP contribution in [0.15, 0.2) is 43.0 Å². The van der Waals surface area contributed by atoms with Crippen molar-refractivity contribution in [1.82, 2.24) is 0 Å². The fraction of sp³-hybridized carbons (Fsp3) is 0. The maximum absolute atomic E-state index is 10.5. The second-order valence-corrected chi connectivity index (χ2v) is 2.29. The van der Waals surface area contributed by atoms with E-state index in [9.17, 15) is 9.59 Å². The molecule has 0 bridgehead atoms. The molecule has 0 saturated carbocycles. The highest BCUT2D eigenvalue weighted by Gasteiger charge is 2.02. The molecule has 2 N–H and O–H groups in total. The number of hydrogen-bond acceptors (Lipinski definition) is 4. The van der Waals surface area contributed by atoms with Gasteiger partial charge < -0.3 is 5.11 Å². The van der Waals surface area contributed by atoms with Gasteiger partial charge in [0, 0.05) is 6.08 Å². The van der Waals surface area contributed by atoms with Gasteiger partial charge in [0.2, 0.25) is 0 Å². The van der Waals surface area contributed by atoms with E-state index in [0.29, 0.717) is 5.56 Å². The SMILES string of the molecule is C=CC(=O)O.O=C(OO)c1ccccc1. The van der Waals surface area contributed by atoms with Crippen molar-refractivity contribution in [2.24, 2.45) is 0 Å². The molecule has 0 radical (unpaired) electrons. The van der Waals surface area contributed by atoms with Gasteiger partial charge in [-0.25, -0.2) is 9.59 Å². The number of benzene rings is 1. The van der Waals surface area contributed by atoms with Crippen LogP contribution in [-0.4, -0.2) is 22.3 Å². The molecule has 0 atom stereocenters. The molecular weight excluding hydrogens is 200 g/mol. The lowest BCUT2D eigenvalue weighted by Gasteiger charge is -1.92. The summed E-state index contributed by atoms with van der Waals surface area (Å²) in [6.45, 7) is 2.96. The van der Waals surface area contributed by atoms with Crippen molar-refractivity contribution in [3.05, 3.63) is 48.6 Å². The molecular formula is C10H10O5. The molecule has 15 heavy (non-hydrogen) atoms. The standard InChI is InChI=1S/C7H6O3.C3H4O2/c8-7(10-9)6-4-2-1-3-5-6;1-2-3(4)5/h1-5,9H;2H,1H2,(H,4,5). The monoisotopic (exact) mass is 210 g/mol. The number of hydrogen-bond donors (Lipinski definition) is 2. The molecule has 0 unspecified atom stereocenters. The second kappa shape index (κ2) is 7.28. The van der Waals surface area contributed by atoms with Crippen LogP contribution in [0.3, 0.4) is 0 Å². The molecule has 0 aliphatic heterocycles. The van der Waals surface area contributed by atoms with Crippen molar-refractivity contribution >= 4 is 11.9 Å². The average Bonchev–Trinajstić information content (AvgIpc) is 2.30. The van der Waals surface area contributed by atoms with Crippen LogP contribution in [0.2, 0.25) is 0 Å². The topological polar surface area (TPSA) is 83.8 Å². The Labute approximate surface area is 86.2 Å². The Balaban J connectivity index is 0.000000336. The third-order valence-electron chi connectivity index (χ3n) is 1.27. The molecule has 5 heteroatoms. The Morgan fingerprint density at radius 3 is 2.07 bits per heavy atom. The predicted molar refractivity (Wildman–Crippen MR) is 52.3 cm³/mol. The molecule has 5 nitrogen and oxygen atoms in total. The Kier molecular flexibility index (Phi) is 6.24. The molecule has 80 valence electrons. The molecule has 0 saturated heterocycles. The molecule has 0 heterocycles. The van der Waals surface area contributed by atoms with Gasteiger partial charge in [0.05, 0.1) is 5.56 Å². The minimum Gasteiger partial charge on any atom is -0.478 e. The number of aliphatic carboxylic acids is 1. The molecule has 1 aromatic rings. The smallest absolute Gasteiger partial charge is 0.372 e. The maximum Gasteiger partial charge on any atom is 0.372 e. The molecule has 0 aliphatic carbocycles. The minimum absolute atomic E-state index is 0.338. The van der Waals surface area contributed by atoms with Crippen LogP contribution < -0.4 is 0 Å². The van der Waals surface area contributed by atoms with Gasteiger partial charge in [-0.3, -0.25) is 4.89 Å². The van der Waals surface area contributed by atoms with Crippen molar-refractivity contribution in [1.29, 1.82) is 0 Å². The van der Waals surface area contributed by atoms with Crippen molar-refractivity contribution in [2.45, 2.75) is 0 Å². The number of carbonyl (C=O) groups is 2. The van der Waals surface area contributed by atoms with Crippen molar-refractivity contribution in [3.63, 3.8) is 0 Å². The van der Waals surface area contributed by atoms with E-state index in [0.717, 1.165) is 6.08 Å². The van der Waals surface area contributed by atoms with Gasteiger partial charge in [0.15, 0.2) is 0 Å². The highest BCUT2D eigenvalue weighted by atomic mass is 17.1. The summed E-state index contributed by atoms with van der Waals surface area (Å²) in [7, 11) is 0. The fourth-order valence-corrected chi connectivity index (χ4v) is 0.627. The highest BCUT2D eigenvalue weighted by Crippen LogP contribution is 1.98. The molecule has 0 aromatic heterocycles. The van der Waals surface area contributed by atoms with E-state index in [1.54, 1.807) is 30.3 Å². The lowest BCUT2D eigenvalue weighted by Crippen LogP contribution is -2.00. The van der Waals surface area contributed by atoms with E-state index in [2.05, 4.69) is 11.5 Å². The lowest BCUT2D eigenvalue weighted by atomic mass is 10.2. The van der Waals surface area contributed by atoms with E-state index in [1.165, 1.54) is 0 Å². The maximum atomic E-state index is 10.5. The first-order valence-corrected chi connectivity index (χ1v) is 3.88. The Morgan fingerprint density at radius 2 is 1.73 bits per heavy atom. The first-order valence-electron chi connectivity index (χ1n) is 3.88. The van der Waals surface area contributed by atoms with Gasteiger partial charge in [-0.15, -0.1) is 0 Å². The summed E-state index contributed by atoms with van der Waals surface area (Å²) < 4.78 is 0. The average molecular weight is 210 g/mol. The van der Waals surface area contributed by atoms with E-state index < -0.39 is 11.9 Å². The number of rotatable bonds is 2. The summed E-state index contributed by atoms with van der Waals surface area (Å²) >= 11 is 0. The molecule has 0 aliphatic rings.